The van der Waals surface area contributed by atoms with Gasteiger partial charge in [0.2, 0.25) is 5.88 Å². The molecule has 114 valence electrons. The molecular weight excluding hydrogens is 250 g/mol. The van der Waals surface area contributed by atoms with Gasteiger partial charge in [-0.05, 0) is 19.3 Å². The third-order valence-electron chi connectivity index (χ3n) is 3.03. The highest BCUT2D eigenvalue weighted by Crippen LogP contribution is 2.15. The number of hydrogen-bond acceptors (Lipinski definition) is 4. The van der Waals surface area contributed by atoms with Gasteiger partial charge in [-0.3, -0.25) is 0 Å². The van der Waals surface area contributed by atoms with Crippen molar-refractivity contribution in [1.82, 2.24) is 9.97 Å². The normalized spacial score (nSPS) is 10.6. The average molecular weight is 279 g/mol. The largest absolute Gasteiger partial charge is 0.478 e. The second-order valence-corrected chi connectivity index (χ2v) is 5.09. The molecule has 1 rings (SSSR count). The van der Waals surface area contributed by atoms with Crippen LogP contribution in [0.15, 0.2) is 6.07 Å². The summed E-state index contributed by atoms with van der Waals surface area (Å²) in [6, 6.07) is 1.91. The van der Waals surface area contributed by atoms with Crippen molar-refractivity contribution < 1.29 is 4.74 Å². The Bertz CT molecular complexity index is 369. The minimum absolute atomic E-state index is 0.707. The zero-order valence-electron chi connectivity index (χ0n) is 13.2. The van der Waals surface area contributed by atoms with E-state index in [0.29, 0.717) is 5.88 Å². The minimum atomic E-state index is 0.707. The zero-order valence-corrected chi connectivity index (χ0v) is 13.2. The number of unbranched alkanes of at least 4 members (excludes halogenated alkanes) is 3. The fraction of sp³-hybridized carbons (Fsp3) is 0.750. The fourth-order valence-electron chi connectivity index (χ4n) is 1.93. The third kappa shape index (κ3) is 6.73. The molecule has 4 heteroatoms. The van der Waals surface area contributed by atoms with E-state index in [2.05, 4.69) is 36.1 Å². The topological polar surface area (TPSA) is 47.0 Å². The minimum Gasteiger partial charge on any atom is -0.478 e. The second-order valence-electron chi connectivity index (χ2n) is 5.09. The number of nitrogens with zero attached hydrogens (tertiary/aromatic N) is 2. The van der Waals surface area contributed by atoms with Crippen molar-refractivity contribution in [2.45, 2.75) is 65.7 Å². The molecule has 0 saturated heterocycles. The molecule has 0 atom stereocenters. The Morgan fingerprint density at radius 2 is 1.85 bits per heavy atom. The molecule has 1 aromatic rings. The van der Waals surface area contributed by atoms with Gasteiger partial charge in [-0.25, -0.2) is 4.98 Å². The Morgan fingerprint density at radius 3 is 2.55 bits per heavy atom. The van der Waals surface area contributed by atoms with E-state index in [1.807, 2.05) is 6.07 Å². The molecule has 0 aliphatic rings. The number of anilines is 1. The van der Waals surface area contributed by atoms with E-state index < -0.39 is 0 Å². The first kappa shape index (κ1) is 16.7. The molecule has 1 N–H and O–H groups in total. The summed E-state index contributed by atoms with van der Waals surface area (Å²) in [6.07, 6.45) is 7.88. The molecule has 1 heterocycles. The first-order valence-corrected chi connectivity index (χ1v) is 8.04. The molecule has 0 amide bonds. The van der Waals surface area contributed by atoms with E-state index >= 15 is 0 Å². The summed E-state index contributed by atoms with van der Waals surface area (Å²) in [4.78, 5) is 8.99. The van der Waals surface area contributed by atoms with Gasteiger partial charge in [-0.1, -0.05) is 40.0 Å². The van der Waals surface area contributed by atoms with Crippen molar-refractivity contribution in [2.75, 3.05) is 18.5 Å². The molecule has 0 fully saturated rings. The summed E-state index contributed by atoms with van der Waals surface area (Å²) in [7, 11) is 0. The van der Waals surface area contributed by atoms with Crippen LogP contribution in [0, 0.1) is 0 Å². The van der Waals surface area contributed by atoms with Gasteiger partial charge in [-0.2, -0.15) is 4.98 Å². The lowest BCUT2D eigenvalue weighted by Gasteiger charge is -2.10. The highest BCUT2D eigenvalue weighted by molar-refractivity contribution is 5.38. The van der Waals surface area contributed by atoms with Crippen LogP contribution in [-0.2, 0) is 6.42 Å². The molecule has 0 aliphatic carbocycles. The molecule has 4 nitrogen and oxygen atoms in total. The monoisotopic (exact) mass is 279 g/mol. The first-order chi connectivity index (χ1) is 9.80. The van der Waals surface area contributed by atoms with Crippen LogP contribution < -0.4 is 10.1 Å². The van der Waals surface area contributed by atoms with Crippen LogP contribution in [0.4, 0.5) is 5.82 Å². The molecule has 0 radical (unpaired) electrons. The molecule has 0 bridgehead atoms. The SMILES string of the molecule is CCCCCCOc1cc(NCCC)nc(CCC)n1. The Hall–Kier alpha value is -1.32. The second kappa shape index (κ2) is 10.5. The average Bonchev–Trinajstić information content (AvgIpc) is 2.45. The van der Waals surface area contributed by atoms with Gasteiger partial charge in [0, 0.05) is 19.0 Å². The van der Waals surface area contributed by atoms with Gasteiger partial charge in [0.25, 0.3) is 0 Å². The third-order valence-corrected chi connectivity index (χ3v) is 3.03. The van der Waals surface area contributed by atoms with Gasteiger partial charge in [0.05, 0.1) is 6.61 Å². The van der Waals surface area contributed by atoms with Crippen LogP contribution in [0.3, 0.4) is 0 Å². The molecule has 0 unspecified atom stereocenters. The van der Waals surface area contributed by atoms with E-state index in [-0.39, 0.29) is 0 Å². The van der Waals surface area contributed by atoms with Crippen LogP contribution in [0.2, 0.25) is 0 Å². The van der Waals surface area contributed by atoms with Gasteiger partial charge >= 0.3 is 0 Å². The summed E-state index contributed by atoms with van der Waals surface area (Å²) in [6.45, 7) is 8.18. The van der Waals surface area contributed by atoms with E-state index in [4.69, 9.17) is 4.74 Å². The standard InChI is InChI=1S/C16H29N3O/c1-4-7-8-9-12-20-16-13-15(17-11-6-3)18-14(19-16)10-5-2/h13H,4-12H2,1-3H3,(H,17,18,19). The molecule has 1 aromatic heterocycles. The summed E-state index contributed by atoms with van der Waals surface area (Å²) in [5, 5.41) is 3.31. The Kier molecular flexibility index (Phi) is 8.76. The first-order valence-electron chi connectivity index (χ1n) is 8.04. The predicted molar refractivity (Wildman–Crippen MR) is 84.4 cm³/mol. The van der Waals surface area contributed by atoms with Gasteiger partial charge < -0.3 is 10.1 Å². The quantitative estimate of drug-likeness (QED) is 0.616. The van der Waals surface area contributed by atoms with E-state index in [1.165, 1.54) is 19.3 Å². The number of nitrogens with one attached hydrogen (secondary N) is 1. The number of aryl methyl sites for hydroxylation is 1. The van der Waals surface area contributed by atoms with Crippen molar-refractivity contribution in [3.05, 3.63) is 11.9 Å². The molecule has 20 heavy (non-hydrogen) atoms. The lowest BCUT2D eigenvalue weighted by atomic mass is 10.2. The number of hydrogen-bond donors (Lipinski definition) is 1. The predicted octanol–water partition coefficient (Wildman–Crippen LogP) is 4.21. The summed E-state index contributed by atoms with van der Waals surface area (Å²) in [5.74, 6) is 2.46. The molecule has 0 saturated carbocycles. The van der Waals surface area contributed by atoms with Crippen LogP contribution in [0.1, 0.15) is 65.1 Å². The highest BCUT2D eigenvalue weighted by atomic mass is 16.5. The summed E-state index contributed by atoms with van der Waals surface area (Å²) >= 11 is 0. The number of ether oxygens (including phenoxy) is 1. The zero-order chi connectivity index (χ0) is 14.6. The maximum atomic E-state index is 5.77. The van der Waals surface area contributed by atoms with Crippen LogP contribution in [0.5, 0.6) is 5.88 Å². The maximum absolute atomic E-state index is 5.77. The lowest BCUT2D eigenvalue weighted by Crippen LogP contribution is -2.07. The summed E-state index contributed by atoms with van der Waals surface area (Å²) in [5.41, 5.74) is 0. The number of aromatic nitrogens is 2. The van der Waals surface area contributed by atoms with Gasteiger partial charge in [-0.15, -0.1) is 0 Å². The van der Waals surface area contributed by atoms with Crippen molar-refractivity contribution in [2.24, 2.45) is 0 Å². The smallest absolute Gasteiger partial charge is 0.218 e. The molecular formula is C16H29N3O. The van der Waals surface area contributed by atoms with E-state index in [0.717, 1.165) is 50.5 Å². The van der Waals surface area contributed by atoms with Gasteiger partial charge in [0.1, 0.15) is 11.6 Å². The van der Waals surface area contributed by atoms with E-state index in [9.17, 15) is 0 Å². The molecule has 0 spiro atoms. The van der Waals surface area contributed by atoms with Crippen LogP contribution in [-0.4, -0.2) is 23.1 Å². The van der Waals surface area contributed by atoms with Crippen LogP contribution >= 0.6 is 0 Å². The number of rotatable bonds is 11. The van der Waals surface area contributed by atoms with Crippen molar-refractivity contribution in [3.8, 4) is 5.88 Å². The van der Waals surface area contributed by atoms with E-state index in [1.54, 1.807) is 0 Å². The molecule has 0 aromatic carbocycles. The van der Waals surface area contributed by atoms with Crippen molar-refractivity contribution in [3.63, 3.8) is 0 Å². The van der Waals surface area contributed by atoms with Gasteiger partial charge in [0.15, 0.2) is 0 Å². The highest BCUT2D eigenvalue weighted by Gasteiger charge is 2.05. The Morgan fingerprint density at radius 1 is 1.00 bits per heavy atom. The Labute approximate surface area is 123 Å². The Balaban J connectivity index is 2.55. The molecule has 0 aliphatic heterocycles. The van der Waals surface area contributed by atoms with Crippen molar-refractivity contribution in [1.29, 1.82) is 0 Å². The lowest BCUT2D eigenvalue weighted by molar-refractivity contribution is 0.292. The van der Waals surface area contributed by atoms with Crippen molar-refractivity contribution >= 4 is 5.82 Å². The fourth-order valence-corrected chi connectivity index (χ4v) is 1.93. The summed E-state index contributed by atoms with van der Waals surface area (Å²) < 4.78 is 5.77. The maximum Gasteiger partial charge on any atom is 0.218 e. The van der Waals surface area contributed by atoms with Crippen LogP contribution in [0.25, 0.3) is 0 Å².